The maximum Gasteiger partial charge on any atom is 0.178 e. The van der Waals surface area contributed by atoms with Crippen LogP contribution < -0.4 is 14.5 Å². The lowest BCUT2D eigenvalue weighted by atomic mass is 10.1. The zero-order chi connectivity index (χ0) is 21.2. The van der Waals surface area contributed by atoms with Crippen molar-refractivity contribution < 1.29 is 9.84 Å². The van der Waals surface area contributed by atoms with Crippen LogP contribution in [0.3, 0.4) is 0 Å². The van der Waals surface area contributed by atoms with Crippen molar-refractivity contribution in [3.05, 3.63) is 72.1 Å². The van der Waals surface area contributed by atoms with Crippen LogP contribution in [0.5, 0.6) is 11.5 Å². The molecule has 4 aromatic rings. The van der Waals surface area contributed by atoms with Crippen LogP contribution >= 0.6 is 0 Å². The van der Waals surface area contributed by atoms with Crippen molar-refractivity contribution in [1.29, 1.82) is 0 Å². The summed E-state index contributed by atoms with van der Waals surface area (Å²) in [5, 5.41) is 22.9. The van der Waals surface area contributed by atoms with E-state index in [9.17, 15) is 5.11 Å². The molecule has 158 valence electrons. The van der Waals surface area contributed by atoms with Gasteiger partial charge in [0.1, 0.15) is 17.3 Å². The third kappa shape index (κ3) is 3.96. The number of hydrogen-bond acceptors (Lipinski definition) is 7. The van der Waals surface area contributed by atoms with Crippen molar-refractivity contribution in [2.24, 2.45) is 0 Å². The van der Waals surface area contributed by atoms with Crippen molar-refractivity contribution in [2.45, 2.75) is 6.42 Å². The Morgan fingerprint density at radius 2 is 1.68 bits per heavy atom. The van der Waals surface area contributed by atoms with E-state index in [1.54, 1.807) is 19.2 Å². The average Bonchev–Trinajstić information content (AvgIpc) is 3.22. The molecule has 3 heterocycles. The lowest BCUT2D eigenvalue weighted by molar-refractivity contribution is 0.414. The molecule has 1 fully saturated rings. The molecule has 8 heteroatoms. The van der Waals surface area contributed by atoms with Gasteiger partial charge in [-0.3, -0.25) is 0 Å². The van der Waals surface area contributed by atoms with E-state index < -0.39 is 0 Å². The second-order valence-electron chi connectivity index (χ2n) is 7.60. The van der Waals surface area contributed by atoms with E-state index in [0.29, 0.717) is 6.42 Å². The number of nitrogens with zero attached hydrogens (tertiary/aromatic N) is 6. The number of hydrogen-bond donors (Lipinski definition) is 1. The van der Waals surface area contributed by atoms with Crippen LogP contribution in [-0.4, -0.2) is 58.2 Å². The van der Waals surface area contributed by atoms with Crippen LogP contribution in [0.1, 0.15) is 11.4 Å². The van der Waals surface area contributed by atoms with E-state index in [1.165, 1.54) is 5.69 Å². The molecule has 8 nitrogen and oxygen atoms in total. The van der Waals surface area contributed by atoms with Gasteiger partial charge in [0, 0.05) is 44.4 Å². The van der Waals surface area contributed by atoms with Crippen LogP contribution in [0.15, 0.2) is 60.7 Å². The summed E-state index contributed by atoms with van der Waals surface area (Å²) < 4.78 is 7.17. The van der Waals surface area contributed by atoms with Crippen molar-refractivity contribution in [3.8, 4) is 11.5 Å². The summed E-state index contributed by atoms with van der Waals surface area (Å²) >= 11 is 0. The maximum atomic E-state index is 9.49. The molecular weight excluding hydrogens is 392 g/mol. The topological polar surface area (TPSA) is 79.0 Å². The van der Waals surface area contributed by atoms with E-state index >= 15 is 0 Å². The largest absolute Gasteiger partial charge is 0.508 e. The van der Waals surface area contributed by atoms with Gasteiger partial charge < -0.3 is 19.6 Å². The predicted molar refractivity (Wildman–Crippen MR) is 119 cm³/mol. The average molecular weight is 416 g/mol. The lowest BCUT2D eigenvalue weighted by Gasteiger charge is -2.36. The molecule has 0 bridgehead atoms. The highest BCUT2D eigenvalue weighted by molar-refractivity contribution is 5.53. The fraction of sp³-hybridized carbons (Fsp3) is 0.261. The smallest absolute Gasteiger partial charge is 0.178 e. The van der Waals surface area contributed by atoms with Gasteiger partial charge in [0.05, 0.1) is 7.11 Å². The first kappa shape index (κ1) is 19.2. The Labute approximate surface area is 180 Å². The van der Waals surface area contributed by atoms with Crippen molar-refractivity contribution in [2.75, 3.05) is 43.1 Å². The molecule has 2 aromatic heterocycles. The Bertz CT molecular complexity index is 1180. The number of methoxy groups -OCH3 is 1. The lowest BCUT2D eigenvalue weighted by Crippen LogP contribution is -2.47. The van der Waals surface area contributed by atoms with E-state index in [-0.39, 0.29) is 5.75 Å². The molecular formula is C23H24N6O2. The van der Waals surface area contributed by atoms with Gasteiger partial charge >= 0.3 is 0 Å². The summed E-state index contributed by atoms with van der Waals surface area (Å²) in [6, 6.07) is 19.3. The fourth-order valence-electron chi connectivity index (χ4n) is 3.90. The highest BCUT2D eigenvalue weighted by Crippen LogP contribution is 2.23. The molecule has 0 radical (unpaired) electrons. The molecule has 0 unspecified atom stereocenters. The van der Waals surface area contributed by atoms with Gasteiger partial charge in [-0.2, -0.15) is 4.52 Å². The number of piperazine rings is 1. The van der Waals surface area contributed by atoms with Crippen molar-refractivity contribution in [3.63, 3.8) is 0 Å². The predicted octanol–water partition coefficient (Wildman–Crippen LogP) is 2.76. The zero-order valence-corrected chi connectivity index (χ0v) is 17.3. The summed E-state index contributed by atoms with van der Waals surface area (Å²) in [6.07, 6.45) is 0.599. The molecule has 0 saturated carbocycles. The van der Waals surface area contributed by atoms with Gasteiger partial charge in [0.2, 0.25) is 0 Å². The Balaban J connectivity index is 1.32. The maximum absolute atomic E-state index is 9.49. The van der Waals surface area contributed by atoms with Crippen LogP contribution in [0, 0.1) is 0 Å². The number of anilines is 2. The van der Waals surface area contributed by atoms with E-state index in [1.807, 2.05) is 40.9 Å². The summed E-state index contributed by atoms with van der Waals surface area (Å²) in [6.45, 7) is 3.58. The molecule has 1 aliphatic rings. The summed E-state index contributed by atoms with van der Waals surface area (Å²) in [7, 11) is 1.69. The minimum absolute atomic E-state index is 0.253. The van der Waals surface area contributed by atoms with Gasteiger partial charge in [0.15, 0.2) is 11.5 Å². The molecule has 0 aliphatic carbocycles. The van der Waals surface area contributed by atoms with Crippen LogP contribution in [-0.2, 0) is 6.42 Å². The van der Waals surface area contributed by atoms with E-state index in [4.69, 9.17) is 9.84 Å². The van der Waals surface area contributed by atoms with Crippen molar-refractivity contribution in [1.82, 2.24) is 19.8 Å². The number of phenols is 1. The monoisotopic (exact) mass is 416 g/mol. The second-order valence-corrected chi connectivity index (χ2v) is 7.60. The first-order valence-corrected chi connectivity index (χ1v) is 10.3. The van der Waals surface area contributed by atoms with E-state index in [2.05, 4.69) is 32.1 Å². The molecule has 0 spiro atoms. The molecule has 5 rings (SSSR count). The fourth-order valence-corrected chi connectivity index (χ4v) is 3.90. The third-order valence-corrected chi connectivity index (χ3v) is 5.63. The Morgan fingerprint density at radius 1 is 0.903 bits per heavy atom. The number of phenolic OH excluding ortho intramolecular Hbond substituents is 1. The molecule has 0 amide bonds. The van der Waals surface area contributed by atoms with Gasteiger partial charge in [-0.25, -0.2) is 0 Å². The molecule has 1 saturated heterocycles. The second kappa shape index (κ2) is 8.14. The van der Waals surface area contributed by atoms with E-state index in [0.717, 1.165) is 54.8 Å². The number of aromatic nitrogens is 4. The molecule has 1 aliphatic heterocycles. The van der Waals surface area contributed by atoms with Crippen LogP contribution in [0.4, 0.5) is 11.5 Å². The summed E-state index contributed by atoms with van der Waals surface area (Å²) in [4.78, 5) is 4.66. The number of ether oxygens (including phenoxy) is 1. The van der Waals surface area contributed by atoms with Gasteiger partial charge in [-0.1, -0.05) is 18.2 Å². The quantitative estimate of drug-likeness (QED) is 0.536. The highest BCUT2D eigenvalue weighted by atomic mass is 16.5. The number of fused-ring (bicyclic) bond motifs is 1. The van der Waals surface area contributed by atoms with Gasteiger partial charge in [0.25, 0.3) is 0 Å². The number of benzene rings is 2. The first-order chi connectivity index (χ1) is 15.2. The molecule has 1 N–H and O–H groups in total. The Hall–Kier alpha value is -3.81. The number of rotatable bonds is 5. The summed E-state index contributed by atoms with van der Waals surface area (Å²) in [5.41, 5.74) is 2.95. The molecule has 0 atom stereocenters. The highest BCUT2D eigenvalue weighted by Gasteiger charge is 2.20. The number of aromatic hydroxyl groups is 1. The summed E-state index contributed by atoms with van der Waals surface area (Å²) in [5.74, 6) is 2.83. The Morgan fingerprint density at radius 3 is 2.45 bits per heavy atom. The standard InChI is InChI=1S/C23H24N6O2/c1-31-20-4-2-3-18(16-20)27-11-13-28(14-12-27)22-10-9-21-24-25-23(29(21)26-22)15-17-5-7-19(30)8-6-17/h2-10,16,30H,11-15H2,1H3. The van der Waals surface area contributed by atoms with Crippen molar-refractivity contribution >= 4 is 17.2 Å². The molecule has 2 aromatic carbocycles. The van der Waals surface area contributed by atoms with Crippen LogP contribution in [0.25, 0.3) is 5.65 Å². The third-order valence-electron chi connectivity index (χ3n) is 5.63. The zero-order valence-electron chi connectivity index (χ0n) is 17.3. The van der Waals surface area contributed by atoms with Gasteiger partial charge in [-0.15, -0.1) is 15.3 Å². The molecule has 31 heavy (non-hydrogen) atoms. The minimum atomic E-state index is 0.253. The minimum Gasteiger partial charge on any atom is -0.508 e. The van der Waals surface area contributed by atoms with Crippen LogP contribution in [0.2, 0.25) is 0 Å². The SMILES string of the molecule is COc1cccc(N2CCN(c3ccc4nnc(Cc5ccc(O)cc5)n4n3)CC2)c1. The normalized spacial score (nSPS) is 14.2. The van der Waals surface area contributed by atoms with Gasteiger partial charge in [-0.05, 0) is 42.0 Å². The Kier molecular flexibility index (Phi) is 5.03. The first-order valence-electron chi connectivity index (χ1n) is 10.3.